The summed E-state index contributed by atoms with van der Waals surface area (Å²) in [5.74, 6) is -134. The minimum Gasteiger partial charge on any atom is -0.297 e. The summed E-state index contributed by atoms with van der Waals surface area (Å²) in [5, 5.41) is -70.8. The van der Waals surface area contributed by atoms with Crippen molar-refractivity contribution in [1.82, 2.24) is 0 Å². The first-order valence-corrected chi connectivity index (χ1v) is 39.8. The van der Waals surface area contributed by atoms with Gasteiger partial charge in [0.1, 0.15) is 23.3 Å². The lowest BCUT2D eigenvalue weighted by Crippen LogP contribution is -3.08. The molecule has 42 heteroatoms. The van der Waals surface area contributed by atoms with Gasteiger partial charge >= 0.3 is 0 Å². The Morgan fingerprint density at radius 3 is 0.586 bits per heavy atom. The summed E-state index contributed by atoms with van der Waals surface area (Å²) in [4.78, 5) is 0.585. The van der Waals surface area contributed by atoms with Crippen molar-refractivity contribution in [2.45, 2.75) is 85.5 Å². The Morgan fingerprint density at radius 2 is 0.367 bits per heavy atom. The average molecular weight is 1870 g/mol. The van der Waals surface area contributed by atoms with Crippen molar-refractivity contribution in [2.24, 2.45) is 5.92 Å². The molecule has 668 valence electrons. The highest BCUT2D eigenvalue weighted by Crippen LogP contribution is 2.54. The van der Waals surface area contributed by atoms with Gasteiger partial charge in [-0.2, -0.15) is 26.5 Å². The zero-order valence-electron chi connectivity index (χ0n) is 63.6. The summed E-state index contributed by atoms with van der Waals surface area (Å²) in [7, 11) is 0. The highest BCUT2D eigenvalue weighted by Gasteiger charge is 2.56. The summed E-state index contributed by atoms with van der Waals surface area (Å²) in [6.45, 7) is 8.48. The first-order chi connectivity index (χ1) is 60.1. The summed E-state index contributed by atoms with van der Waals surface area (Å²) in [6, 6.07) is 0. The number of unbranched alkanes of at least 4 members (excludes halogenated alkanes) is 6. The van der Waals surface area contributed by atoms with Gasteiger partial charge in [-0.05, 0) is 47.7 Å². The van der Waals surface area contributed by atoms with Gasteiger partial charge in [0.25, 0.3) is 13.1 Å². The van der Waals surface area contributed by atoms with Crippen LogP contribution in [0.25, 0.3) is 129 Å². The average Bonchev–Trinajstić information content (AvgIpc) is 0.645. The molecule has 2 atom stereocenters. The van der Waals surface area contributed by atoms with Crippen molar-refractivity contribution in [2.75, 3.05) is 13.1 Å². The van der Waals surface area contributed by atoms with Crippen molar-refractivity contribution in [3.8, 4) is 0 Å². The number of hydrogen-bond donors (Lipinski definition) is 1. The lowest BCUT2D eigenvalue weighted by molar-refractivity contribution is -0.839. The Labute approximate surface area is 686 Å². The largest absolute Gasteiger partial charge is 0.297 e. The van der Waals surface area contributed by atoms with E-state index >= 15 is 158 Å². The van der Waals surface area contributed by atoms with E-state index in [4.69, 9.17) is 0 Å². The number of hydrogen-bond acceptors (Lipinski definition) is 0. The van der Waals surface area contributed by atoms with E-state index < -0.39 is 398 Å². The van der Waals surface area contributed by atoms with Gasteiger partial charge in [-0.25, -0.2) is 167 Å². The molecule has 17 rings (SSSR count). The second-order valence-electron chi connectivity index (χ2n) is 30.7. The highest BCUT2D eigenvalue weighted by atomic mass is 27.2. The third-order valence-electron chi connectivity index (χ3n) is 24.0. The Morgan fingerprint density at radius 1 is 0.188 bits per heavy atom. The standard InChI is InChI=1S/C22H35F4N.4C16F9.Al/c1-5-7-8-9-10-11-12-14-27(15-16(3)13-6-2)22-19(24)17(4)18(23)20(25)21(22)26;4*17-3-1-2-4-5-7(11(20)9(2)18)14(23)16(25)15(24)8(5)13(22)12(21)6(4)10(3)19;/h16H,5-15H2,1-4H3;;;;;/q;;;;;-1/p+1. The number of nitrogens with one attached hydrogen (secondary N) is 1. The van der Waals surface area contributed by atoms with Crippen molar-refractivity contribution < 1.29 is 181 Å². The summed E-state index contributed by atoms with van der Waals surface area (Å²) < 4.78 is 662. The van der Waals surface area contributed by atoms with Crippen LogP contribution in [0.4, 0.5) is 181 Å². The first-order valence-electron chi connectivity index (χ1n) is 37.5. The summed E-state index contributed by atoms with van der Waals surface area (Å²) in [6.07, 6.45) is 9.63. The molecule has 0 radical (unpaired) electrons. The first kappa shape index (κ1) is 90.0. The van der Waals surface area contributed by atoms with Gasteiger partial charge in [-0.15, -0.1) is 0 Å². The van der Waals surface area contributed by atoms with Crippen LogP contribution in [-0.4, -0.2) is 26.2 Å². The minimum absolute atomic E-state index is 0.252. The lowest BCUT2D eigenvalue weighted by Gasteiger charge is -2.45. The molecule has 0 spiro atoms. The summed E-state index contributed by atoms with van der Waals surface area (Å²) in [5.41, 5.74) is -0.774. The van der Waals surface area contributed by atoms with Crippen LogP contribution in [-0.2, 0) is 0 Å². The molecule has 128 heavy (non-hydrogen) atoms. The topological polar surface area (TPSA) is 4.44 Å². The maximum absolute atomic E-state index is 19.4. The normalized spacial score (nSPS) is 13.1. The zero-order valence-corrected chi connectivity index (χ0v) is 64.7. The van der Waals surface area contributed by atoms with E-state index in [2.05, 4.69) is 13.8 Å². The van der Waals surface area contributed by atoms with E-state index in [0.29, 0.717) is 18.0 Å². The number of halogens is 40. The highest BCUT2D eigenvalue weighted by molar-refractivity contribution is 7.23. The van der Waals surface area contributed by atoms with E-state index in [1.807, 2.05) is 6.92 Å². The fraction of sp³-hybridized carbons (Fsp3) is 0.186. The van der Waals surface area contributed by atoms with Crippen LogP contribution in [0.15, 0.2) is 0 Å². The van der Waals surface area contributed by atoms with Crippen molar-refractivity contribution in [3.63, 3.8) is 0 Å². The van der Waals surface area contributed by atoms with Gasteiger partial charge in [0.05, 0.1) is 77.7 Å². The quantitative estimate of drug-likeness (QED) is 0.0231. The Hall–Kier alpha value is -11.4. The van der Waals surface area contributed by atoms with Crippen molar-refractivity contribution in [3.05, 3.63) is 238 Å². The molecule has 0 heterocycles. The third kappa shape index (κ3) is 11.4. The van der Waals surface area contributed by atoms with Gasteiger partial charge in [0, 0.05) is 54.6 Å². The fourth-order valence-electron chi connectivity index (χ4n) is 18.8. The van der Waals surface area contributed by atoms with Crippen LogP contribution in [0.2, 0.25) is 0 Å². The van der Waals surface area contributed by atoms with Gasteiger partial charge in [-0.3, -0.25) is 4.90 Å². The molecule has 0 saturated carbocycles. The van der Waals surface area contributed by atoms with Crippen molar-refractivity contribution >= 4 is 166 Å². The molecule has 1 nitrogen and oxygen atoms in total. The molecule has 17 aromatic carbocycles. The molecule has 0 amide bonds. The Balaban J connectivity index is 0.000000384. The molecule has 0 aliphatic heterocycles. The van der Waals surface area contributed by atoms with Gasteiger partial charge < -0.3 is 0 Å². The Kier molecular flexibility index (Phi) is 21.7. The monoisotopic (exact) mass is 1870 g/mol. The molecule has 17 aromatic rings. The van der Waals surface area contributed by atoms with Crippen LogP contribution in [0.1, 0.15) is 84.1 Å². The molecular formula is C86H36AlF40N. The van der Waals surface area contributed by atoms with Gasteiger partial charge in [-0.1, -0.05) is 59.3 Å². The third-order valence-corrected chi connectivity index (χ3v) is 29.7. The van der Waals surface area contributed by atoms with E-state index in [1.54, 1.807) is 0 Å². The van der Waals surface area contributed by atoms with Gasteiger partial charge in [0.2, 0.25) is 17.3 Å². The van der Waals surface area contributed by atoms with Crippen LogP contribution in [0.3, 0.4) is 0 Å². The van der Waals surface area contributed by atoms with E-state index in [1.165, 1.54) is 25.7 Å². The molecule has 0 aliphatic carbocycles. The molecule has 0 bridgehead atoms. The van der Waals surface area contributed by atoms with Crippen LogP contribution in [0.5, 0.6) is 0 Å². The predicted octanol–water partition coefficient (Wildman–Crippen LogP) is 25.9. The summed E-state index contributed by atoms with van der Waals surface area (Å²) >= 11 is -10.9. The molecule has 2 unspecified atom stereocenters. The predicted molar refractivity (Wildman–Crippen MR) is 387 cm³/mol. The number of quaternary nitrogens is 1. The van der Waals surface area contributed by atoms with Crippen LogP contribution < -0.4 is 22.6 Å². The minimum atomic E-state index is -10.9. The van der Waals surface area contributed by atoms with E-state index in [0.717, 1.165) is 39.0 Å². The molecule has 0 aromatic heterocycles. The maximum Gasteiger partial charge on any atom is 0.286 e. The number of rotatable bonds is 17. The molecule has 0 aliphatic rings. The second kappa shape index (κ2) is 30.9. The lowest BCUT2D eigenvalue weighted by atomic mass is 9.90. The second-order valence-corrected chi connectivity index (χ2v) is 34.7. The van der Waals surface area contributed by atoms with Crippen molar-refractivity contribution in [1.29, 1.82) is 0 Å². The van der Waals surface area contributed by atoms with E-state index in [9.17, 15) is 17.6 Å². The molecule has 0 fully saturated rings. The fourth-order valence-corrected chi connectivity index (χ4v) is 25.4. The zero-order chi connectivity index (χ0) is 93.8. The van der Waals surface area contributed by atoms with Gasteiger partial charge in [0.15, 0.2) is 198 Å². The van der Waals surface area contributed by atoms with Crippen LogP contribution >= 0.6 is 0 Å². The molecular weight excluding hydrogens is 1830 g/mol. The smallest absolute Gasteiger partial charge is 0.286 e. The van der Waals surface area contributed by atoms with E-state index in [-0.39, 0.29) is 11.6 Å². The number of benzene rings is 17. The molecule has 1 N–H and O–H groups in total. The Bertz CT molecular complexity index is 6920. The SMILES string of the molecule is CCCCCCCCC[NH+](CC(C)CCC)c1c(F)c(C)c(F)c(F)c1F.Fc1c(F)c2c(F)c(F)c3c(F)c(F)[c]([Al-]([c]4c(F)c(F)c5c(F)c(F)c6c(F)c(F)c(F)c7c(F)c(F)c4c5c67)([c]4c(F)c(F)c5c(F)c(F)c6c(F)c(F)c(F)c7c(F)c(F)c4c5c67)[c]4c(F)c(F)c5c(F)c(F)c6c(F)c(F)c(F)c7c(F)c(F)c4c5c67)c4c(F)c(F)c(c1F)c2c34. The van der Waals surface area contributed by atoms with Crippen LogP contribution in [0, 0.1) is 246 Å². The molecule has 0 saturated heterocycles. The maximum atomic E-state index is 19.4.